The zero-order valence-electron chi connectivity index (χ0n) is 13.5. The number of halogens is 2. The van der Waals surface area contributed by atoms with Crippen LogP contribution in [0.15, 0.2) is 46.0 Å². The van der Waals surface area contributed by atoms with E-state index in [0.717, 1.165) is 16.7 Å². The first kappa shape index (κ1) is 16.2. The number of aromatic nitrogens is 2. The van der Waals surface area contributed by atoms with Gasteiger partial charge in [0.2, 0.25) is 5.91 Å². The van der Waals surface area contributed by atoms with E-state index in [0.29, 0.717) is 5.52 Å². The van der Waals surface area contributed by atoms with Gasteiger partial charge in [0.1, 0.15) is 18.2 Å². The molecule has 3 aromatic rings. The number of hydrogen-bond donors (Lipinski definition) is 1. The molecule has 132 valence electrons. The van der Waals surface area contributed by atoms with E-state index in [1.807, 2.05) is 0 Å². The third-order valence-electron chi connectivity index (χ3n) is 4.50. The van der Waals surface area contributed by atoms with Crippen LogP contribution in [0.4, 0.5) is 14.5 Å². The minimum atomic E-state index is -0.790. The van der Waals surface area contributed by atoms with Gasteiger partial charge in [0.25, 0.3) is 5.56 Å². The van der Waals surface area contributed by atoms with Gasteiger partial charge in [-0.15, -0.1) is 0 Å². The van der Waals surface area contributed by atoms with Crippen molar-refractivity contribution in [1.82, 2.24) is 9.55 Å². The number of hydrogen-bond acceptors (Lipinski definition) is 3. The summed E-state index contributed by atoms with van der Waals surface area (Å²) in [6, 6.07) is 8.31. The van der Waals surface area contributed by atoms with Crippen molar-refractivity contribution in [2.24, 2.45) is 0 Å². The number of fused-ring (bicyclic) bond motifs is 2. The zero-order valence-corrected chi connectivity index (χ0v) is 13.5. The van der Waals surface area contributed by atoms with Crippen molar-refractivity contribution >= 4 is 22.5 Å². The second kappa shape index (κ2) is 5.91. The van der Waals surface area contributed by atoms with Crippen LogP contribution in [0.1, 0.15) is 5.56 Å². The molecule has 6 nitrogen and oxygen atoms in total. The normalized spacial score (nSPS) is 13.2. The summed E-state index contributed by atoms with van der Waals surface area (Å²) in [7, 11) is 0. The molecule has 0 unspecified atom stereocenters. The van der Waals surface area contributed by atoms with Gasteiger partial charge in [-0.05, 0) is 24.6 Å². The third-order valence-corrected chi connectivity index (χ3v) is 4.50. The van der Waals surface area contributed by atoms with Crippen molar-refractivity contribution in [1.29, 1.82) is 0 Å². The van der Waals surface area contributed by atoms with E-state index >= 15 is 0 Å². The molecule has 1 amide bonds. The van der Waals surface area contributed by atoms with Crippen molar-refractivity contribution in [2.45, 2.75) is 13.0 Å². The van der Waals surface area contributed by atoms with E-state index in [2.05, 4.69) is 4.98 Å². The number of para-hydroxylation sites is 1. The molecule has 1 aliphatic rings. The fourth-order valence-electron chi connectivity index (χ4n) is 3.24. The number of nitrogens with one attached hydrogen (secondary N) is 1. The summed E-state index contributed by atoms with van der Waals surface area (Å²) in [5.41, 5.74) is -0.548. The van der Waals surface area contributed by atoms with Gasteiger partial charge in [0.15, 0.2) is 0 Å². The molecule has 0 bridgehead atoms. The number of anilines is 1. The Balaban J connectivity index is 1.72. The minimum absolute atomic E-state index is 0.137. The first-order valence-corrected chi connectivity index (χ1v) is 7.96. The maximum Gasteiger partial charge on any atom is 0.329 e. The Hall–Kier alpha value is -3.29. The molecule has 0 saturated heterocycles. The van der Waals surface area contributed by atoms with Gasteiger partial charge in [0.05, 0.1) is 16.6 Å². The molecule has 0 atom stereocenters. The van der Waals surface area contributed by atoms with E-state index in [-0.39, 0.29) is 29.6 Å². The lowest BCUT2D eigenvalue weighted by atomic mass is 10.1. The number of aromatic amines is 1. The average Bonchev–Trinajstić information content (AvgIpc) is 3.02. The van der Waals surface area contributed by atoms with Crippen LogP contribution in [-0.4, -0.2) is 22.0 Å². The first-order chi connectivity index (χ1) is 12.5. The van der Waals surface area contributed by atoms with Gasteiger partial charge in [-0.25, -0.2) is 13.6 Å². The van der Waals surface area contributed by atoms with E-state index in [1.165, 1.54) is 4.90 Å². The summed E-state index contributed by atoms with van der Waals surface area (Å²) in [5.74, 6) is -2.09. The van der Waals surface area contributed by atoms with Crippen LogP contribution in [0.3, 0.4) is 0 Å². The van der Waals surface area contributed by atoms with Crippen LogP contribution in [0.2, 0.25) is 0 Å². The average molecular weight is 357 g/mol. The van der Waals surface area contributed by atoms with Gasteiger partial charge in [-0.3, -0.25) is 14.2 Å². The molecule has 4 rings (SSSR count). The number of rotatable bonds is 2. The number of carbonyl (C=O) groups excluding carboxylic acids is 1. The van der Waals surface area contributed by atoms with E-state index in [4.69, 9.17) is 0 Å². The number of carbonyl (C=O) groups is 1. The molecule has 26 heavy (non-hydrogen) atoms. The molecule has 1 aliphatic heterocycles. The van der Waals surface area contributed by atoms with Crippen LogP contribution in [-0.2, 0) is 17.8 Å². The molecule has 0 radical (unpaired) electrons. The third kappa shape index (κ3) is 2.50. The fraction of sp³-hybridized carbons (Fsp3) is 0.167. The lowest BCUT2D eigenvalue weighted by molar-refractivity contribution is -0.119. The zero-order chi connectivity index (χ0) is 18.4. The van der Waals surface area contributed by atoms with Crippen LogP contribution in [0.5, 0.6) is 0 Å². The van der Waals surface area contributed by atoms with E-state index in [9.17, 15) is 23.2 Å². The molecule has 2 heterocycles. The predicted octanol–water partition coefficient (Wildman–Crippen LogP) is 1.56. The highest BCUT2D eigenvalue weighted by molar-refractivity contribution is 5.95. The quantitative estimate of drug-likeness (QED) is 0.756. The van der Waals surface area contributed by atoms with Crippen LogP contribution in [0.25, 0.3) is 10.9 Å². The van der Waals surface area contributed by atoms with Gasteiger partial charge in [-0.1, -0.05) is 12.1 Å². The lowest BCUT2D eigenvalue weighted by Crippen LogP contribution is -2.42. The molecular formula is C18H13F2N3O3. The maximum atomic E-state index is 13.8. The summed E-state index contributed by atoms with van der Waals surface area (Å²) in [4.78, 5) is 41.0. The number of benzene rings is 2. The number of nitrogens with zero attached hydrogens (tertiary/aromatic N) is 2. The Morgan fingerprint density at radius 1 is 1.15 bits per heavy atom. The summed E-state index contributed by atoms with van der Waals surface area (Å²) in [6.45, 7) is -0.356. The Bertz CT molecular complexity index is 1170. The lowest BCUT2D eigenvalue weighted by Gasteiger charge is -2.18. The highest BCUT2D eigenvalue weighted by Gasteiger charge is 2.28. The van der Waals surface area contributed by atoms with E-state index < -0.39 is 35.3 Å². The highest BCUT2D eigenvalue weighted by Crippen LogP contribution is 2.31. The highest BCUT2D eigenvalue weighted by atomic mass is 19.1. The van der Waals surface area contributed by atoms with Gasteiger partial charge >= 0.3 is 5.69 Å². The van der Waals surface area contributed by atoms with Crippen molar-refractivity contribution in [3.8, 4) is 0 Å². The van der Waals surface area contributed by atoms with Crippen molar-refractivity contribution in [3.05, 3.63) is 74.4 Å². The van der Waals surface area contributed by atoms with Gasteiger partial charge in [-0.2, -0.15) is 0 Å². The van der Waals surface area contributed by atoms with Crippen molar-refractivity contribution in [3.63, 3.8) is 0 Å². The maximum absolute atomic E-state index is 13.8. The molecule has 8 heteroatoms. The van der Waals surface area contributed by atoms with E-state index in [1.54, 1.807) is 24.3 Å². The first-order valence-electron chi connectivity index (χ1n) is 7.96. The molecule has 1 aromatic heterocycles. The van der Waals surface area contributed by atoms with Crippen LogP contribution in [0, 0.1) is 11.6 Å². The SMILES string of the molecule is O=C(Cn1c(=O)[nH]c2ccccc2c1=O)N1CCc2c(F)cc(F)cc21. The summed E-state index contributed by atoms with van der Waals surface area (Å²) in [6.07, 6.45) is 0.246. The smallest absolute Gasteiger partial charge is 0.310 e. The van der Waals surface area contributed by atoms with Gasteiger partial charge in [0, 0.05) is 18.2 Å². The van der Waals surface area contributed by atoms with Crippen molar-refractivity contribution < 1.29 is 13.6 Å². The minimum Gasteiger partial charge on any atom is -0.310 e. The molecule has 1 N–H and O–H groups in total. The topological polar surface area (TPSA) is 75.2 Å². The largest absolute Gasteiger partial charge is 0.329 e. The van der Waals surface area contributed by atoms with Crippen molar-refractivity contribution in [2.75, 3.05) is 11.4 Å². The Morgan fingerprint density at radius 3 is 2.73 bits per heavy atom. The Labute approximate surface area is 145 Å². The number of H-pyrrole nitrogens is 1. The predicted molar refractivity (Wildman–Crippen MR) is 91.2 cm³/mol. The summed E-state index contributed by atoms with van der Waals surface area (Å²) < 4.78 is 28.1. The molecule has 0 saturated carbocycles. The van der Waals surface area contributed by atoms with Crippen LogP contribution >= 0.6 is 0 Å². The monoisotopic (exact) mass is 357 g/mol. The molecule has 2 aromatic carbocycles. The Kier molecular flexibility index (Phi) is 3.68. The Morgan fingerprint density at radius 2 is 1.92 bits per heavy atom. The molecule has 0 spiro atoms. The standard InChI is InChI=1S/C18H13F2N3O3/c19-10-7-13(20)11-5-6-22(15(11)8-10)16(24)9-23-17(25)12-3-1-2-4-14(12)21-18(23)26/h1-4,7-8H,5-6,9H2,(H,21,26). The summed E-state index contributed by atoms with van der Waals surface area (Å²) >= 11 is 0. The van der Waals surface area contributed by atoms with Gasteiger partial charge < -0.3 is 9.88 Å². The fourth-order valence-corrected chi connectivity index (χ4v) is 3.24. The second-order valence-corrected chi connectivity index (χ2v) is 6.05. The number of amides is 1. The summed E-state index contributed by atoms with van der Waals surface area (Å²) in [5, 5.41) is 0.277. The second-order valence-electron chi connectivity index (χ2n) is 6.05. The van der Waals surface area contributed by atoms with Crippen LogP contribution < -0.4 is 16.1 Å². The molecular weight excluding hydrogens is 344 g/mol. The molecule has 0 aliphatic carbocycles. The molecule has 0 fully saturated rings.